The lowest BCUT2D eigenvalue weighted by Crippen LogP contribution is -2.52. The minimum Gasteiger partial charge on any atom is -0.380 e. The van der Waals surface area contributed by atoms with Crippen LogP contribution in [0.1, 0.15) is 24.3 Å². The zero-order valence-corrected chi connectivity index (χ0v) is 16.9. The molecule has 1 atom stereocenters. The highest BCUT2D eigenvalue weighted by atomic mass is 32.2. The van der Waals surface area contributed by atoms with E-state index in [0.717, 1.165) is 12.0 Å². The predicted molar refractivity (Wildman–Crippen MR) is 104 cm³/mol. The number of nitrogens with zero attached hydrogens (tertiary/aromatic N) is 4. The molecule has 9 heteroatoms. The number of hydrogen-bond acceptors (Lipinski definition) is 7. The van der Waals surface area contributed by atoms with E-state index in [9.17, 15) is 8.42 Å². The lowest BCUT2D eigenvalue weighted by atomic mass is 10.1. The molecule has 2 saturated heterocycles. The molecule has 0 N–H and O–H groups in total. The molecule has 152 valence electrons. The Morgan fingerprint density at radius 3 is 2.57 bits per heavy atom. The van der Waals surface area contributed by atoms with Crippen LogP contribution in [0.15, 0.2) is 28.8 Å². The normalized spacial score (nSPS) is 22.4. The monoisotopic (exact) mass is 406 g/mol. The third kappa shape index (κ3) is 4.27. The van der Waals surface area contributed by atoms with Gasteiger partial charge in [0.1, 0.15) is 0 Å². The van der Waals surface area contributed by atoms with Gasteiger partial charge in [-0.25, -0.2) is 8.42 Å². The van der Waals surface area contributed by atoms with Crippen LogP contribution in [0, 0.1) is 6.92 Å². The van der Waals surface area contributed by atoms with Crippen molar-refractivity contribution in [2.24, 2.45) is 0 Å². The third-order valence-corrected chi connectivity index (χ3v) is 7.67. The number of hydrogen-bond donors (Lipinski definition) is 0. The van der Waals surface area contributed by atoms with Gasteiger partial charge in [-0.15, -0.1) is 0 Å². The second kappa shape index (κ2) is 8.28. The molecule has 0 saturated carbocycles. The van der Waals surface area contributed by atoms with Crippen molar-refractivity contribution in [3.63, 3.8) is 0 Å². The van der Waals surface area contributed by atoms with Crippen LogP contribution in [0.5, 0.6) is 0 Å². The second-order valence-corrected chi connectivity index (χ2v) is 9.65. The Kier molecular flexibility index (Phi) is 5.77. The van der Waals surface area contributed by atoms with Crippen LogP contribution in [0.3, 0.4) is 0 Å². The maximum Gasteiger partial charge on any atom is 0.241 e. The maximum atomic E-state index is 12.8. The van der Waals surface area contributed by atoms with Gasteiger partial charge in [0, 0.05) is 38.3 Å². The van der Waals surface area contributed by atoms with E-state index in [0.29, 0.717) is 64.1 Å². The first-order chi connectivity index (χ1) is 13.5. The van der Waals surface area contributed by atoms with Crippen molar-refractivity contribution in [1.29, 1.82) is 0 Å². The Bertz CT molecular complexity index is 883. The third-order valence-electron chi connectivity index (χ3n) is 5.37. The average molecular weight is 407 g/mol. The van der Waals surface area contributed by atoms with Gasteiger partial charge in [-0.3, -0.25) is 4.90 Å². The molecule has 0 amide bonds. The first-order valence-electron chi connectivity index (χ1n) is 9.71. The highest BCUT2D eigenvalue weighted by Crippen LogP contribution is 2.21. The summed E-state index contributed by atoms with van der Waals surface area (Å²) in [6.07, 6.45) is 1.50. The van der Waals surface area contributed by atoms with Gasteiger partial charge in [0.25, 0.3) is 0 Å². The summed E-state index contributed by atoms with van der Waals surface area (Å²) in [6.45, 7) is 5.80. The second-order valence-electron chi connectivity index (χ2n) is 7.44. The van der Waals surface area contributed by atoms with Crippen molar-refractivity contribution >= 4 is 10.0 Å². The minimum atomic E-state index is -3.29. The van der Waals surface area contributed by atoms with Crippen molar-refractivity contribution < 1.29 is 17.7 Å². The van der Waals surface area contributed by atoms with Crippen molar-refractivity contribution in [2.75, 3.05) is 39.4 Å². The van der Waals surface area contributed by atoms with Gasteiger partial charge in [0.15, 0.2) is 0 Å². The number of benzene rings is 1. The summed E-state index contributed by atoms with van der Waals surface area (Å²) in [7, 11) is -3.29. The molecule has 0 unspecified atom stereocenters. The van der Waals surface area contributed by atoms with Crippen molar-refractivity contribution in [1.82, 2.24) is 19.3 Å². The van der Waals surface area contributed by atoms with E-state index in [-0.39, 0.29) is 0 Å². The fourth-order valence-electron chi connectivity index (χ4n) is 3.63. The van der Waals surface area contributed by atoms with Gasteiger partial charge in [-0.05, 0) is 19.8 Å². The molecule has 0 aliphatic carbocycles. The Morgan fingerprint density at radius 2 is 1.89 bits per heavy atom. The molecular formula is C19H26N4O4S. The first-order valence-corrected chi connectivity index (χ1v) is 11.2. The van der Waals surface area contributed by atoms with Crippen LogP contribution in [-0.2, 0) is 21.3 Å². The molecule has 2 aliphatic heterocycles. The SMILES string of the molecule is Cc1ccc(-c2noc(CN3CCN(S(=O)(=O)[C@@H]4CCCOC4)CC3)n2)cc1. The van der Waals surface area contributed by atoms with Crippen LogP contribution in [0.4, 0.5) is 0 Å². The summed E-state index contributed by atoms with van der Waals surface area (Å²) in [5.74, 6) is 1.13. The molecule has 3 heterocycles. The average Bonchev–Trinajstić information content (AvgIpc) is 3.18. The molecule has 0 bridgehead atoms. The molecule has 2 aromatic rings. The van der Waals surface area contributed by atoms with Gasteiger partial charge >= 0.3 is 0 Å². The van der Waals surface area contributed by atoms with E-state index in [4.69, 9.17) is 9.26 Å². The van der Waals surface area contributed by atoms with Crippen LogP contribution >= 0.6 is 0 Å². The van der Waals surface area contributed by atoms with E-state index in [1.807, 2.05) is 31.2 Å². The summed E-state index contributed by atoms with van der Waals surface area (Å²) < 4.78 is 37.9. The number of ether oxygens (including phenoxy) is 1. The van der Waals surface area contributed by atoms with Crippen LogP contribution in [0.25, 0.3) is 11.4 Å². The van der Waals surface area contributed by atoms with Gasteiger partial charge in [-0.2, -0.15) is 9.29 Å². The number of aryl methyl sites for hydroxylation is 1. The van der Waals surface area contributed by atoms with E-state index in [2.05, 4.69) is 15.0 Å². The summed E-state index contributed by atoms with van der Waals surface area (Å²) in [5.41, 5.74) is 2.10. The molecule has 0 spiro atoms. The lowest BCUT2D eigenvalue weighted by molar-refractivity contribution is 0.0957. The summed E-state index contributed by atoms with van der Waals surface area (Å²) in [4.78, 5) is 6.63. The van der Waals surface area contributed by atoms with Gasteiger partial charge in [-0.1, -0.05) is 35.0 Å². The van der Waals surface area contributed by atoms with Crippen molar-refractivity contribution in [2.45, 2.75) is 31.6 Å². The number of aromatic nitrogens is 2. The van der Waals surface area contributed by atoms with E-state index in [1.165, 1.54) is 5.56 Å². The fourth-order valence-corrected chi connectivity index (χ4v) is 5.46. The standard InChI is InChI=1S/C19H26N4O4S/c1-15-4-6-16(7-5-15)19-20-18(27-21-19)13-22-8-10-23(11-9-22)28(24,25)17-3-2-12-26-14-17/h4-7,17H,2-3,8-14H2,1H3/t17-/m1/s1. The molecule has 4 rings (SSSR count). The molecule has 8 nitrogen and oxygen atoms in total. The Morgan fingerprint density at radius 1 is 1.14 bits per heavy atom. The molecular weight excluding hydrogens is 380 g/mol. The molecule has 1 aromatic carbocycles. The van der Waals surface area contributed by atoms with E-state index in [1.54, 1.807) is 4.31 Å². The van der Waals surface area contributed by atoms with E-state index < -0.39 is 15.3 Å². The van der Waals surface area contributed by atoms with Gasteiger partial charge in [0.05, 0.1) is 18.4 Å². The smallest absolute Gasteiger partial charge is 0.241 e. The number of piperazine rings is 1. The molecule has 28 heavy (non-hydrogen) atoms. The molecule has 1 aromatic heterocycles. The minimum absolute atomic E-state index is 0.312. The summed E-state index contributed by atoms with van der Waals surface area (Å²) in [6, 6.07) is 7.98. The predicted octanol–water partition coefficient (Wildman–Crippen LogP) is 1.67. The highest BCUT2D eigenvalue weighted by molar-refractivity contribution is 7.89. The Hall–Kier alpha value is -1.81. The summed E-state index contributed by atoms with van der Waals surface area (Å²) >= 11 is 0. The zero-order valence-electron chi connectivity index (χ0n) is 16.1. The highest BCUT2D eigenvalue weighted by Gasteiger charge is 2.35. The number of sulfonamides is 1. The van der Waals surface area contributed by atoms with Crippen molar-refractivity contribution in [3.8, 4) is 11.4 Å². The molecule has 2 fully saturated rings. The van der Waals surface area contributed by atoms with Crippen molar-refractivity contribution in [3.05, 3.63) is 35.7 Å². The van der Waals surface area contributed by atoms with Gasteiger partial charge in [0.2, 0.25) is 21.7 Å². The Balaban J connectivity index is 1.33. The quantitative estimate of drug-likeness (QED) is 0.746. The topological polar surface area (TPSA) is 88.8 Å². The van der Waals surface area contributed by atoms with Crippen LogP contribution in [-0.4, -0.2) is 72.4 Å². The van der Waals surface area contributed by atoms with Crippen LogP contribution < -0.4 is 0 Å². The maximum absolute atomic E-state index is 12.8. The fraction of sp³-hybridized carbons (Fsp3) is 0.579. The zero-order chi connectivity index (χ0) is 19.6. The van der Waals surface area contributed by atoms with Gasteiger partial charge < -0.3 is 9.26 Å². The molecule has 0 radical (unpaired) electrons. The summed E-state index contributed by atoms with van der Waals surface area (Å²) in [5, 5.41) is 3.66. The van der Waals surface area contributed by atoms with E-state index >= 15 is 0 Å². The van der Waals surface area contributed by atoms with Crippen LogP contribution in [0.2, 0.25) is 0 Å². The Labute approximate surface area is 165 Å². The first kappa shape index (κ1) is 19.5. The molecule has 2 aliphatic rings. The number of rotatable bonds is 5. The largest absolute Gasteiger partial charge is 0.380 e. The lowest BCUT2D eigenvalue weighted by Gasteiger charge is -2.36.